The number of carbonyl (C=O) groups excluding carboxylic acids is 2. The average molecular weight is 486 g/mol. The lowest BCUT2D eigenvalue weighted by Gasteiger charge is -2.15. The number of anilines is 1. The van der Waals surface area contributed by atoms with Crippen molar-refractivity contribution in [2.75, 3.05) is 40.3 Å². The molecule has 190 valence electrons. The maximum absolute atomic E-state index is 13.1. The van der Waals surface area contributed by atoms with Crippen molar-refractivity contribution in [3.05, 3.63) is 47.0 Å². The first kappa shape index (κ1) is 27.7. The van der Waals surface area contributed by atoms with E-state index < -0.39 is 6.04 Å². The highest BCUT2D eigenvalue weighted by molar-refractivity contribution is 6.11. The molecule has 2 aromatic rings. The molecule has 0 bridgehead atoms. The maximum atomic E-state index is 13.1. The van der Waals surface area contributed by atoms with E-state index in [1.165, 1.54) is 28.4 Å². The molecule has 9 heteroatoms. The Morgan fingerprint density at radius 2 is 1.57 bits per heavy atom. The fourth-order valence-corrected chi connectivity index (χ4v) is 3.53. The topological polar surface area (TPSA) is 135 Å². The predicted octanol–water partition coefficient (Wildman–Crippen LogP) is 3.40. The molecule has 2 aromatic carbocycles. The Labute approximate surface area is 206 Å². The Kier molecular flexibility index (Phi) is 10.6. The second kappa shape index (κ2) is 13.4. The van der Waals surface area contributed by atoms with Crippen LogP contribution in [0.2, 0.25) is 0 Å². The van der Waals surface area contributed by atoms with Crippen LogP contribution in [0.5, 0.6) is 23.0 Å². The van der Waals surface area contributed by atoms with Crippen LogP contribution in [0.1, 0.15) is 42.1 Å². The van der Waals surface area contributed by atoms with Crippen molar-refractivity contribution in [2.24, 2.45) is 11.5 Å². The number of nitrogens with one attached hydrogen (secondary N) is 1. The van der Waals surface area contributed by atoms with Gasteiger partial charge in [-0.05, 0) is 67.8 Å². The number of unbranched alkanes of at least 4 members (excludes halogenated alkanes) is 1. The maximum Gasteiger partial charge on any atom is 0.241 e. The number of ether oxygens (including phenoxy) is 4. The van der Waals surface area contributed by atoms with Gasteiger partial charge in [0.15, 0.2) is 17.3 Å². The van der Waals surface area contributed by atoms with Crippen molar-refractivity contribution < 1.29 is 28.5 Å². The summed E-state index contributed by atoms with van der Waals surface area (Å²) in [6.45, 7) is 2.27. The molecule has 0 radical (unpaired) electrons. The summed E-state index contributed by atoms with van der Waals surface area (Å²) >= 11 is 0. The number of methoxy groups -OCH3 is 4. The highest BCUT2D eigenvalue weighted by atomic mass is 16.5. The number of rotatable bonds is 13. The summed E-state index contributed by atoms with van der Waals surface area (Å²) in [5, 5.41) is 2.82. The Morgan fingerprint density at radius 1 is 0.943 bits per heavy atom. The number of hydrogen-bond acceptors (Lipinski definition) is 8. The van der Waals surface area contributed by atoms with Gasteiger partial charge in [-0.1, -0.05) is 12.5 Å². The van der Waals surface area contributed by atoms with E-state index >= 15 is 0 Å². The Balaban J connectivity index is 2.30. The van der Waals surface area contributed by atoms with Crippen molar-refractivity contribution in [1.29, 1.82) is 0 Å². The van der Waals surface area contributed by atoms with Gasteiger partial charge in [0.1, 0.15) is 5.75 Å². The Morgan fingerprint density at radius 3 is 2.11 bits per heavy atom. The molecule has 0 aromatic heterocycles. The average Bonchev–Trinajstić information content (AvgIpc) is 2.87. The molecule has 1 unspecified atom stereocenters. The first-order valence-corrected chi connectivity index (χ1v) is 11.3. The van der Waals surface area contributed by atoms with E-state index in [-0.39, 0.29) is 11.7 Å². The van der Waals surface area contributed by atoms with Gasteiger partial charge in [-0.15, -0.1) is 0 Å². The van der Waals surface area contributed by atoms with E-state index in [0.29, 0.717) is 58.4 Å². The first-order chi connectivity index (χ1) is 16.8. The number of Topliss-reactive ketones (excluding diaryl/α,β-unsaturated/α-hetero) is 1. The normalized spacial score (nSPS) is 12.0. The number of benzene rings is 2. The molecule has 0 heterocycles. The molecule has 9 nitrogen and oxygen atoms in total. The zero-order valence-electron chi connectivity index (χ0n) is 21.0. The summed E-state index contributed by atoms with van der Waals surface area (Å²) < 4.78 is 21.4. The van der Waals surface area contributed by atoms with Crippen LogP contribution >= 0.6 is 0 Å². The van der Waals surface area contributed by atoms with E-state index in [1.54, 1.807) is 43.3 Å². The molecule has 0 spiro atoms. The van der Waals surface area contributed by atoms with Gasteiger partial charge in [-0.2, -0.15) is 0 Å². The van der Waals surface area contributed by atoms with Gasteiger partial charge >= 0.3 is 0 Å². The summed E-state index contributed by atoms with van der Waals surface area (Å²) in [6.07, 6.45) is 3.84. The highest BCUT2D eigenvalue weighted by Gasteiger charge is 2.19. The summed E-state index contributed by atoms with van der Waals surface area (Å²) in [5.74, 6) is 1.14. The molecule has 2 rings (SSSR count). The molecule has 1 amide bonds. The lowest BCUT2D eigenvalue weighted by Crippen LogP contribution is -2.35. The number of hydrogen-bond donors (Lipinski definition) is 3. The van der Waals surface area contributed by atoms with Crippen LogP contribution in [0.3, 0.4) is 0 Å². The molecule has 0 aliphatic carbocycles. The minimum absolute atomic E-state index is 0.215. The van der Waals surface area contributed by atoms with Crippen LogP contribution < -0.4 is 35.7 Å². The van der Waals surface area contributed by atoms with Gasteiger partial charge in [0.05, 0.1) is 40.2 Å². The molecule has 0 saturated heterocycles. The quantitative estimate of drug-likeness (QED) is 0.223. The summed E-state index contributed by atoms with van der Waals surface area (Å²) in [5.41, 5.74) is 13.5. The number of allylic oxidation sites excluding steroid dienone is 1. The standard InChI is InChI=1S/C26H35N3O6/c1-16(24(30)18-14-22(33-3)25(35-5)23(15-18)34-4)12-17-9-10-21(32-2)20(13-17)29-26(31)19(28)8-6-7-11-27/h9-10,12-15,19H,6-8,11,27-28H2,1-5H3,(H,29,31). The van der Waals surface area contributed by atoms with Gasteiger partial charge in [-0.25, -0.2) is 0 Å². The zero-order valence-corrected chi connectivity index (χ0v) is 21.0. The predicted molar refractivity (Wildman–Crippen MR) is 137 cm³/mol. The van der Waals surface area contributed by atoms with Crippen LogP contribution in [0.15, 0.2) is 35.9 Å². The van der Waals surface area contributed by atoms with Crippen molar-refractivity contribution >= 4 is 23.5 Å². The largest absolute Gasteiger partial charge is 0.495 e. The monoisotopic (exact) mass is 485 g/mol. The van der Waals surface area contributed by atoms with Gasteiger partial charge < -0.3 is 35.7 Å². The third-order valence-corrected chi connectivity index (χ3v) is 5.46. The minimum atomic E-state index is -0.659. The van der Waals surface area contributed by atoms with E-state index in [2.05, 4.69) is 5.32 Å². The fourth-order valence-electron chi connectivity index (χ4n) is 3.53. The molecule has 0 fully saturated rings. The second-order valence-electron chi connectivity index (χ2n) is 7.91. The minimum Gasteiger partial charge on any atom is -0.495 e. The molecular weight excluding hydrogens is 450 g/mol. The van der Waals surface area contributed by atoms with Crippen molar-refractivity contribution in [1.82, 2.24) is 0 Å². The lowest BCUT2D eigenvalue weighted by atomic mass is 10.0. The van der Waals surface area contributed by atoms with Crippen LogP contribution in [-0.4, -0.2) is 52.7 Å². The van der Waals surface area contributed by atoms with E-state index in [0.717, 1.165) is 12.8 Å². The Hall–Kier alpha value is -3.56. The lowest BCUT2D eigenvalue weighted by molar-refractivity contribution is -0.117. The smallest absolute Gasteiger partial charge is 0.241 e. The van der Waals surface area contributed by atoms with Crippen LogP contribution in [0.4, 0.5) is 5.69 Å². The summed E-state index contributed by atoms with van der Waals surface area (Å²) in [6, 6.07) is 7.79. The molecule has 5 N–H and O–H groups in total. The third-order valence-electron chi connectivity index (χ3n) is 5.46. The van der Waals surface area contributed by atoms with Gasteiger partial charge in [0.25, 0.3) is 0 Å². The molecule has 1 atom stereocenters. The second-order valence-corrected chi connectivity index (χ2v) is 7.91. The molecule has 0 saturated carbocycles. The molecular formula is C26H35N3O6. The van der Waals surface area contributed by atoms with Gasteiger partial charge in [0, 0.05) is 5.56 Å². The number of carbonyl (C=O) groups is 2. The SMILES string of the molecule is COc1ccc(C=C(C)C(=O)c2cc(OC)c(OC)c(OC)c2)cc1NC(=O)C(N)CCCCN. The van der Waals surface area contributed by atoms with Crippen molar-refractivity contribution in [2.45, 2.75) is 32.2 Å². The van der Waals surface area contributed by atoms with Gasteiger partial charge in [-0.3, -0.25) is 9.59 Å². The van der Waals surface area contributed by atoms with Crippen LogP contribution in [-0.2, 0) is 4.79 Å². The number of nitrogens with two attached hydrogens (primary N) is 2. The van der Waals surface area contributed by atoms with Gasteiger partial charge in [0.2, 0.25) is 11.7 Å². The number of ketones is 1. The van der Waals surface area contributed by atoms with E-state index in [1.807, 2.05) is 0 Å². The molecule has 0 aliphatic heterocycles. The van der Waals surface area contributed by atoms with Crippen molar-refractivity contribution in [3.8, 4) is 23.0 Å². The first-order valence-electron chi connectivity index (χ1n) is 11.3. The highest BCUT2D eigenvalue weighted by Crippen LogP contribution is 2.38. The zero-order chi connectivity index (χ0) is 26.0. The summed E-state index contributed by atoms with van der Waals surface area (Å²) in [4.78, 5) is 25.7. The number of amides is 1. The third kappa shape index (κ3) is 7.21. The van der Waals surface area contributed by atoms with E-state index in [9.17, 15) is 9.59 Å². The molecule has 35 heavy (non-hydrogen) atoms. The van der Waals surface area contributed by atoms with Crippen LogP contribution in [0, 0.1) is 0 Å². The fraction of sp³-hybridized carbons (Fsp3) is 0.385. The van der Waals surface area contributed by atoms with Crippen LogP contribution in [0.25, 0.3) is 6.08 Å². The Bertz CT molecular complexity index is 1040. The van der Waals surface area contributed by atoms with E-state index in [4.69, 9.17) is 30.4 Å². The van der Waals surface area contributed by atoms with Crippen molar-refractivity contribution in [3.63, 3.8) is 0 Å². The summed E-state index contributed by atoms with van der Waals surface area (Å²) in [7, 11) is 6.00. The molecule has 0 aliphatic rings.